The van der Waals surface area contributed by atoms with Crippen molar-refractivity contribution in [2.24, 2.45) is 0 Å². The summed E-state index contributed by atoms with van der Waals surface area (Å²) in [6.45, 7) is 3.76. The highest BCUT2D eigenvalue weighted by Crippen LogP contribution is 2.34. The van der Waals surface area contributed by atoms with Gasteiger partial charge in [0.25, 0.3) is 0 Å². The van der Waals surface area contributed by atoms with Crippen LogP contribution in [0.5, 0.6) is 0 Å². The topological polar surface area (TPSA) is 62.5 Å². The maximum atomic E-state index is 12.7. The van der Waals surface area contributed by atoms with Crippen LogP contribution in [0.15, 0.2) is 71.4 Å². The summed E-state index contributed by atoms with van der Waals surface area (Å²) in [6, 6.07) is 20.0. The maximum absolute atomic E-state index is 12.7. The van der Waals surface area contributed by atoms with Crippen molar-refractivity contribution in [3.05, 3.63) is 93.9 Å². The lowest BCUT2D eigenvalue weighted by Crippen LogP contribution is -2.17. The first kappa shape index (κ1) is 22.7. The Morgan fingerprint density at radius 2 is 1.29 bits per heavy atom. The van der Waals surface area contributed by atoms with Crippen LogP contribution in [-0.2, 0) is 9.47 Å². The molecule has 0 atom stereocenters. The normalized spacial score (nSPS) is 11.1. The molecule has 3 heterocycles. The molecule has 0 fully saturated rings. The summed E-state index contributed by atoms with van der Waals surface area (Å²) in [6.07, 6.45) is 0. The zero-order valence-electron chi connectivity index (χ0n) is 19.9. The number of methoxy groups -OCH3 is 2. The summed E-state index contributed by atoms with van der Waals surface area (Å²) in [7, 11) is 2.75. The van der Waals surface area contributed by atoms with Crippen LogP contribution in [0.2, 0.25) is 0 Å². The molecule has 6 nitrogen and oxygen atoms in total. The number of rotatable bonds is 5. The van der Waals surface area contributed by atoms with Crippen molar-refractivity contribution in [3.8, 4) is 22.5 Å². The third-order valence-corrected chi connectivity index (χ3v) is 6.99. The number of esters is 2. The van der Waals surface area contributed by atoms with Gasteiger partial charge in [0, 0.05) is 16.5 Å². The van der Waals surface area contributed by atoms with Crippen LogP contribution in [0.1, 0.15) is 32.1 Å². The Morgan fingerprint density at radius 1 is 0.714 bits per heavy atom. The summed E-state index contributed by atoms with van der Waals surface area (Å²) in [5.74, 6) is -0.832. The van der Waals surface area contributed by atoms with E-state index < -0.39 is 11.9 Å². The molecule has 7 heteroatoms. The predicted octanol–water partition coefficient (Wildman–Crippen LogP) is 6.34. The van der Waals surface area contributed by atoms with Crippen molar-refractivity contribution in [1.29, 1.82) is 0 Å². The smallest absolute Gasteiger partial charge is 0.339 e. The van der Waals surface area contributed by atoms with E-state index in [-0.39, 0.29) is 0 Å². The van der Waals surface area contributed by atoms with Gasteiger partial charge in [-0.15, -0.1) is 0 Å². The largest absolute Gasteiger partial charge is 0.465 e. The van der Waals surface area contributed by atoms with E-state index >= 15 is 0 Å². The molecule has 5 rings (SSSR count). The van der Waals surface area contributed by atoms with E-state index in [1.165, 1.54) is 14.2 Å². The summed E-state index contributed by atoms with van der Waals surface area (Å²) < 4.78 is 14.1. The second-order valence-corrected chi connectivity index (χ2v) is 9.02. The van der Waals surface area contributed by atoms with Crippen molar-refractivity contribution >= 4 is 34.0 Å². The number of carbonyl (C=O) groups excluding carboxylic acids is 2. The van der Waals surface area contributed by atoms with Gasteiger partial charge in [-0.05, 0) is 54.3 Å². The molecule has 0 amide bonds. The lowest BCUT2D eigenvalue weighted by atomic mass is 10.0. The van der Waals surface area contributed by atoms with Crippen molar-refractivity contribution < 1.29 is 19.1 Å². The van der Waals surface area contributed by atoms with Crippen molar-refractivity contribution in [3.63, 3.8) is 0 Å². The number of hydrogen-bond donors (Lipinski definition) is 0. The minimum Gasteiger partial charge on any atom is -0.465 e. The van der Waals surface area contributed by atoms with Gasteiger partial charge in [-0.25, -0.2) is 9.59 Å². The number of hydrogen-bond acceptors (Lipinski definition) is 5. The second kappa shape index (κ2) is 8.92. The van der Waals surface area contributed by atoms with E-state index in [1.807, 2.05) is 70.4 Å². The Bertz CT molecular complexity index is 1570. The van der Waals surface area contributed by atoms with E-state index in [1.54, 1.807) is 11.3 Å². The SMILES string of the molecule is COC(=O)c1cc(-c2ccsc2)n(-n2c(-c3ccc4ccccc4c3)cc(C(=O)OC)c2C)c1C. The van der Waals surface area contributed by atoms with E-state index in [0.29, 0.717) is 22.5 Å². The van der Waals surface area contributed by atoms with E-state index in [9.17, 15) is 9.59 Å². The molecule has 0 bridgehead atoms. The summed E-state index contributed by atoms with van der Waals surface area (Å²) in [5, 5.41) is 6.24. The third-order valence-electron chi connectivity index (χ3n) is 6.31. The lowest BCUT2D eigenvalue weighted by Gasteiger charge is -2.19. The number of carbonyl (C=O) groups is 2. The number of ether oxygens (including phenoxy) is 2. The van der Waals surface area contributed by atoms with Gasteiger partial charge in [0.1, 0.15) is 0 Å². The Labute approximate surface area is 206 Å². The van der Waals surface area contributed by atoms with E-state index in [4.69, 9.17) is 9.47 Å². The molecule has 35 heavy (non-hydrogen) atoms. The summed E-state index contributed by atoms with van der Waals surface area (Å²) in [5.41, 5.74) is 5.85. The number of fused-ring (bicyclic) bond motifs is 1. The molecule has 0 radical (unpaired) electrons. The monoisotopic (exact) mass is 484 g/mol. The minimum absolute atomic E-state index is 0.414. The van der Waals surface area contributed by atoms with Gasteiger partial charge in [-0.3, -0.25) is 9.35 Å². The lowest BCUT2D eigenvalue weighted by molar-refractivity contribution is 0.0590. The predicted molar refractivity (Wildman–Crippen MR) is 138 cm³/mol. The molecule has 0 saturated carbocycles. The minimum atomic E-state index is -0.418. The van der Waals surface area contributed by atoms with Crippen LogP contribution >= 0.6 is 11.3 Å². The Morgan fingerprint density at radius 3 is 1.83 bits per heavy atom. The average molecular weight is 485 g/mol. The Hall–Kier alpha value is -4.10. The first-order valence-corrected chi connectivity index (χ1v) is 12.0. The van der Waals surface area contributed by atoms with Gasteiger partial charge in [0.2, 0.25) is 0 Å². The van der Waals surface area contributed by atoms with Gasteiger partial charge in [-0.1, -0.05) is 36.4 Å². The number of aromatic nitrogens is 2. The Kier molecular flexibility index (Phi) is 5.78. The van der Waals surface area contributed by atoms with Gasteiger partial charge in [0.05, 0.1) is 48.1 Å². The third kappa shape index (κ3) is 3.74. The zero-order valence-corrected chi connectivity index (χ0v) is 20.7. The van der Waals surface area contributed by atoms with Crippen LogP contribution in [0, 0.1) is 13.8 Å². The van der Waals surface area contributed by atoms with E-state index in [0.717, 1.165) is 33.3 Å². The van der Waals surface area contributed by atoms with Gasteiger partial charge >= 0.3 is 11.9 Å². The van der Waals surface area contributed by atoms with Gasteiger partial charge in [0.15, 0.2) is 0 Å². The average Bonchev–Trinajstić information content (AvgIpc) is 3.60. The Balaban J connectivity index is 1.85. The molecule has 0 aliphatic heterocycles. The highest BCUT2D eigenvalue weighted by atomic mass is 32.1. The molecule has 176 valence electrons. The van der Waals surface area contributed by atoms with Crippen molar-refractivity contribution in [1.82, 2.24) is 9.35 Å². The molecule has 0 aliphatic carbocycles. The fourth-order valence-corrected chi connectivity index (χ4v) is 5.16. The molecular formula is C28H24N2O4S. The standard InChI is InChI=1S/C28H24N2O4S/c1-17-23(27(31)33-3)14-25(21-10-9-19-7-5-6-8-20(19)13-21)29(17)30-18(2)24(28(32)34-4)15-26(30)22-11-12-35-16-22/h5-16H,1-4H3. The molecule has 0 saturated heterocycles. The zero-order chi connectivity index (χ0) is 24.7. The number of thiophene rings is 1. The van der Waals surface area contributed by atoms with Gasteiger partial charge in [-0.2, -0.15) is 11.3 Å². The van der Waals surface area contributed by atoms with Crippen LogP contribution in [0.4, 0.5) is 0 Å². The molecule has 5 aromatic rings. The van der Waals surface area contributed by atoms with Gasteiger partial charge < -0.3 is 9.47 Å². The first-order chi connectivity index (χ1) is 16.9. The fraction of sp³-hybridized carbons (Fsp3) is 0.143. The molecule has 0 unspecified atom stereocenters. The highest BCUT2D eigenvalue weighted by Gasteiger charge is 2.26. The summed E-state index contributed by atoms with van der Waals surface area (Å²) in [4.78, 5) is 25.3. The van der Waals surface area contributed by atoms with Crippen LogP contribution < -0.4 is 0 Å². The molecule has 0 aliphatic rings. The highest BCUT2D eigenvalue weighted by molar-refractivity contribution is 7.08. The van der Waals surface area contributed by atoms with Crippen molar-refractivity contribution in [2.75, 3.05) is 14.2 Å². The van der Waals surface area contributed by atoms with Crippen LogP contribution in [0.3, 0.4) is 0 Å². The van der Waals surface area contributed by atoms with Crippen LogP contribution in [-0.4, -0.2) is 35.5 Å². The molecule has 3 aromatic heterocycles. The number of nitrogens with zero attached hydrogens (tertiary/aromatic N) is 2. The first-order valence-electron chi connectivity index (χ1n) is 11.1. The fourth-order valence-electron chi connectivity index (χ4n) is 4.51. The second-order valence-electron chi connectivity index (χ2n) is 8.24. The summed E-state index contributed by atoms with van der Waals surface area (Å²) >= 11 is 1.57. The molecule has 0 N–H and O–H groups in total. The number of benzene rings is 2. The maximum Gasteiger partial charge on any atom is 0.339 e. The van der Waals surface area contributed by atoms with Crippen molar-refractivity contribution in [2.45, 2.75) is 13.8 Å². The quantitative estimate of drug-likeness (QED) is 0.273. The molecular weight excluding hydrogens is 460 g/mol. The molecule has 2 aromatic carbocycles. The van der Waals surface area contributed by atoms with Crippen LogP contribution in [0.25, 0.3) is 33.3 Å². The molecule has 0 spiro atoms. The van der Waals surface area contributed by atoms with E-state index in [2.05, 4.69) is 24.3 Å².